The SMILES string of the molecule is Cc1c(C(=O)Cc2ccc(C(C)(C)C)cc2)cnn1C. The summed E-state index contributed by atoms with van der Waals surface area (Å²) in [4.78, 5) is 12.3. The fraction of sp³-hybridized carbons (Fsp3) is 0.412. The fourth-order valence-electron chi connectivity index (χ4n) is 2.18. The molecular formula is C17H22N2O. The van der Waals surface area contributed by atoms with Crippen LogP contribution in [0.15, 0.2) is 30.5 Å². The number of aryl methyl sites for hydroxylation is 1. The maximum Gasteiger partial charge on any atom is 0.170 e. The van der Waals surface area contributed by atoms with Gasteiger partial charge in [-0.2, -0.15) is 5.10 Å². The van der Waals surface area contributed by atoms with Crippen LogP contribution in [0.5, 0.6) is 0 Å². The van der Waals surface area contributed by atoms with E-state index in [1.54, 1.807) is 10.9 Å². The van der Waals surface area contributed by atoms with Crippen LogP contribution in [0.2, 0.25) is 0 Å². The van der Waals surface area contributed by atoms with E-state index >= 15 is 0 Å². The molecule has 3 heteroatoms. The lowest BCUT2D eigenvalue weighted by Crippen LogP contribution is -2.11. The van der Waals surface area contributed by atoms with Crippen molar-refractivity contribution in [1.29, 1.82) is 0 Å². The van der Waals surface area contributed by atoms with Gasteiger partial charge in [0, 0.05) is 19.2 Å². The zero-order valence-electron chi connectivity index (χ0n) is 12.9. The molecule has 3 nitrogen and oxygen atoms in total. The lowest BCUT2D eigenvalue weighted by Gasteiger charge is -2.19. The summed E-state index contributed by atoms with van der Waals surface area (Å²) >= 11 is 0. The Labute approximate surface area is 120 Å². The van der Waals surface area contributed by atoms with Gasteiger partial charge in [-0.1, -0.05) is 45.0 Å². The Hall–Kier alpha value is -1.90. The van der Waals surface area contributed by atoms with E-state index in [1.807, 2.05) is 26.1 Å². The molecule has 1 heterocycles. The molecule has 2 rings (SSSR count). The quantitative estimate of drug-likeness (QED) is 0.801. The van der Waals surface area contributed by atoms with E-state index in [4.69, 9.17) is 0 Å². The van der Waals surface area contributed by atoms with E-state index in [-0.39, 0.29) is 11.2 Å². The molecule has 2 aromatic rings. The molecule has 0 spiro atoms. The van der Waals surface area contributed by atoms with Crippen LogP contribution in [0.1, 0.15) is 48.0 Å². The third-order valence-electron chi connectivity index (χ3n) is 3.72. The van der Waals surface area contributed by atoms with Crippen LogP contribution in [-0.4, -0.2) is 15.6 Å². The number of hydrogen-bond acceptors (Lipinski definition) is 2. The van der Waals surface area contributed by atoms with Crippen molar-refractivity contribution in [1.82, 2.24) is 9.78 Å². The number of benzene rings is 1. The minimum atomic E-state index is 0.124. The summed E-state index contributed by atoms with van der Waals surface area (Å²) < 4.78 is 1.73. The fourth-order valence-corrected chi connectivity index (χ4v) is 2.18. The summed E-state index contributed by atoms with van der Waals surface area (Å²) in [6, 6.07) is 8.31. The maximum absolute atomic E-state index is 12.3. The van der Waals surface area contributed by atoms with Crippen LogP contribution in [0.3, 0.4) is 0 Å². The summed E-state index contributed by atoms with van der Waals surface area (Å²) in [6.45, 7) is 8.48. The van der Waals surface area contributed by atoms with Gasteiger partial charge in [-0.15, -0.1) is 0 Å². The highest BCUT2D eigenvalue weighted by atomic mass is 16.1. The van der Waals surface area contributed by atoms with E-state index in [0.29, 0.717) is 12.0 Å². The maximum atomic E-state index is 12.3. The molecule has 0 atom stereocenters. The molecule has 106 valence electrons. The lowest BCUT2D eigenvalue weighted by atomic mass is 9.86. The number of aromatic nitrogens is 2. The first-order valence-electron chi connectivity index (χ1n) is 6.90. The Morgan fingerprint density at radius 1 is 1.20 bits per heavy atom. The second-order valence-electron chi connectivity index (χ2n) is 6.31. The topological polar surface area (TPSA) is 34.9 Å². The molecule has 0 N–H and O–H groups in total. The van der Waals surface area contributed by atoms with Crippen LogP contribution < -0.4 is 0 Å². The van der Waals surface area contributed by atoms with Gasteiger partial charge in [0.05, 0.1) is 11.8 Å². The minimum absolute atomic E-state index is 0.124. The van der Waals surface area contributed by atoms with Gasteiger partial charge in [0.15, 0.2) is 5.78 Å². The van der Waals surface area contributed by atoms with Crippen molar-refractivity contribution in [2.45, 2.75) is 39.5 Å². The van der Waals surface area contributed by atoms with E-state index in [9.17, 15) is 4.79 Å². The monoisotopic (exact) mass is 270 g/mol. The van der Waals surface area contributed by atoms with Gasteiger partial charge < -0.3 is 0 Å². The number of ketones is 1. The normalized spacial score (nSPS) is 11.7. The van der Waals surface area contributed by atoms with Gasteiger partial charge in [-0.3, -0.25) is 9.48 Å². The predicted molar refractivity (Wildman–Crippen MR) is 81.1 cm³/mol. The van der Waals surface area contributed by atoms with Crippen LogP contribution >= 0.6 is 0 Å². The summed E-state index contributed by atoms with van der Waals surface area (Å²) in [5.41, 5.74) is 4.11. The van der Waals surface area contributed by atoms with Crippen LogP contribution in [0.25, 0.3) is 0 Å². The Bertz CT molecular complexity index is 615. The average molecular weight is 270 g/mol. The van der Waals surface area contributed by atoms with Gasteiger partial charge >= 0.3 is 0 Å². The van der Waals surface area contributed by atoms with E-state index in [1.165, 1.54) is 5.56 Å². The first-order valence-corrected chi connectivity index (χ1v) is 6.90. The summed E-state index contributed by atoms with van der Waals surface area (Å²) in [5.74, 6) is 0.124. The van der Waals surface area contributed by atoms with E-state index < -0.39 is 0 Å². The first-order chi connectivity index (χ1) is 9.29. The molecule has 1 aromatic heterocycles. The van der Waals surface area contributed by atoms with Crippen molar-refractivity contribution in [3.63, 3.8) is 0 Å². The number of carbonyl (C=O) groups is 1. The Balaban J connectivity index is 2.15. The molecule has 20 heavy (non-hydrogen) atoms. The number of rotatable bonds is 3. The standard InChI is InChI=1S/C17H22N2O/c1-12-15(11-18-19(12)5)16(20)10-13-6-8-14(9-7-13)17(2,3)4/h6-9,11H,10H2,1-5H3. The molecule has 0 aliphatic rings. The Morgan fingerprint density at radius 3 is 2.25 bits per heavy atom. The molecule has 0 aliphatic carbocycles. The number of Topliss-reactive ketones (excluding diaryl/α,β-unsaturated/α-hetero) is 1. The molecule has 1 aromatic carbocycles. The molecule has 0 unspecified atom stereocenters. The molecule has 0 saturated carbocycles. The van der Waals surface area contributed by atoms with Crippen molar-refractivity contribution < 1.29 is 4.79 Å². The van der Waals surface area contributed by atoms with Crippen molar-refractivity contribution in [3.05, 3.63) is 52.8 Å². The summed E-state index contributed by atoms with van der Waals surface area (Å²) in [5, 5.41) is 4.12. The zero-order valence-corrected chi connectivity index (χ0v) is 12.9. The second kappa shape index (κ2) is 5.23. The third-order valence-corrected chi connectivity index (χ3v) is 3.72. The summed E-state index contributed by atoms with van der Waals surface area (Å²) in [6.07, 6.45) is 2.08. The highest BCUT2D eigenvalue weighted by Gasteiger charge is 2.15. The highest BCUT2D eigenvalue weighted by molar-refractivity contribution is 5.98. The van der Waals surface area contributed by atoms with Gasteiger partial charge in [0.25, 0.3) is 0 Å². The van der Waals surface area contributed by atoms with Crippen LogP contribution in [0.4, 0.5) is 0 Å². The molecule has 0 fully saturated rings. The van der Waals surface area contributed by atoms with Gasteiger partial charge in [0.1, 0.15) is 0 Å². The zero-order chi connectivity index (χ0) is 14.9. The van der Waals surface area contributed by atoms with Gasteiger partial charge in [-0.25, -0.2) is 0 Å². The van der Waals surface area contributed by atoms with E-state index in [0.717, 1.165) is 11.3 Å². The molecule has 0 amide bonds. The molecular weight excluding hydrogens is 248 g/mol. The molecule has 0 aliphatic heterocycles. The highest BCUT2D eigenvalue weighted by Crippen LogP contribution is 2.22. The van der Waals surface area contributed by atoms with Crippen LogP contribution in [0, 0.1) is 6.92 Å². The summed E-state index contributed by atoms with van der Waals surface area (Å²) in [7, 11) is 1.85. The van der Waals surface area contributed by atoms with Crippen molar-refractivity contribution in [2.24, 2.45) is 7.05 Å². The predicted octanol–water partition coefficient (Wildman–Crippen LogP) is 3.45. The Kier molecular flexibility index (Phi) is 3.80. The molecule has 0 bridgehead atoms. The number of nitrogens with zero attached hydrogens (tertiary/aromatic N) is 2. The van der Waals surface area contributed by atoms with Gasteiger partial charge in [0.2, 0.25) is 0 Å². The molecule has 0 radical (unpaired) electrons. The van der Waals surface area contributed by atoms with E-state index in [2.05, 4.69) is 38.0 Å². The smallest absolute Gasteiger partial charge is 0.170 e. The van der Waals surface area contributed by atoms with Crippen molar-refractivity contribution in [3.8, 4) is 0 Å². The van der Waals surface area contributed by atoms with Crippen molar-refractivity contribution >= 4 is 5.78 Å². The number of hydrogen-bond donors (Lipinski definition) is 0. The third kappa shape index (κ3) is 2.98. The Morgan fingerprint density at radius 2 is 1.80 bits per heavy atom. The first kappa shape index (κ1) is 14.5. The van der Waals surface area contributed by atoms with Gasteiger partial charge in [-0.05, 0) is 23.5 Å². The molecule has 0 saturated heterocycles. The lowest BCUT2D eigenvalue weighted by molar-refractivity contribution is 0.0992. The largest absolute Gasteiger partial charge is 0.294 e. The van der Waals surface area contributed by atoms with Crippen molar-refractivity contribution in [2.75, 3.05) is 0 Å². The average Bonchev–Trinajstić information content (AvgIpc) is 2.69. The minimum Gasteiger partial charge on any atom is -0.294 e. The number of carbonyl (C=O) groups excluding carboxylic acids is 1. The second-order valence-corrected chi connectivity index (χ2v) is 6.31. The van der Waals surface area contributed by atoms with Crippen LogP contribution in [-0.2, 0) is 18.9 Å².